The number of aromatic nitrogens is 4. The van der Waals surface area contributed by atoms with Crippen molar-refractivity contribution < 1.29 is 0 Å². The van der Waals surface area contributed by atoms with Gasteiger partial charge < -0.3 is 0 Å². The van der Waals surface area contributed by atoms with Crippen LogP contribution in [0.15, 0.2) is 12.3 Å². The first-order valence-corrected chi connectivity index (χ1v) is 5.31. The number of hydrogen-bond donors (Lipinski definition) is 0. The highest BCUT2D eigenvalue weighted by Gasteiger charge is 2.12. The second kappa shape index (κ2) is 3.61. The molecule has 0 aliphatic heterocycles. The molecule has 0 aliphatic carbocycles. The lowest BCUT2D eigenvalue weighted by molar-refractivity contribution is 0.785. The number of hydrogen-bond acceptors (Lipinski definition) is 3. The van der Waals surface area contributed by atoms with Crippen molar-refractivity contribution in [1.29, 1.82) is 0 Å². The molecule has 80 valence electrons. The maximum atomic E-state index is 4.59. The average Bonchev–Trinajstić information content (AvgIpc) is 2.59. The quantitative estimate of drug-likeness (QED) is 0.754. The molecule has 0 spiro atoms. The molecule has 0 radical (unpaired) electrons. The molecule has 2 heterocycles. The van der Waals surface area contributed by atoms with Crippen molar-refractivity contribution in [3.8, 4) is 0 Å². The second-order valence-electron chi connectivity index (χ2n) is 4.40. The highest BCUT2D eigenvalue weighted by Crippen LogP contribution is 2.18. The predicted octanol–water partition coefficient (Wildman–Crippen LogP) is 2.37. The molecule has 4 heteroatoms. The summed E-state index contributed by atoms with van der Waals surface area (Å²) in [7, 11) is 0. The zero-order valence-corrected chi connectivity index (χ0v) is 9.60. The Labute approximate surface area is 89.3 Å². The summed E-state index contributed by atoms with van der Waals surface area (Å²) >= 11 is 0. The minimum absolute atomic E-state index is 0.359. The van der Waals surface area contributed by atoms with Gasteiger partial charge >= 0.3 is 0 Å². The lowest BCUT2D eigenvalue weighted by Crippen LogP contribution is -1.98. The molecule has 0 saturated heterocycles. The van der Waals surface area contributed by atoms with Crippen LogP contribution in [0.3, 0.4) is 0 Å². The lowest BCUT2D eigenvalue weighted by atomic mass is 10.1. The van der Waals surface area contributed by atoms with Crippen molar-refractivity contribution >= 4 is 5.65 Å². The molecule has 2 aromatic rings. The van der Waals surface area contributed by atoms with E-state index >= 15 is 0 Å². The van der Waals surface area contributed by atoms with Gasteiger partial charge in [-0.1, -0.05) is 32.9 Å². The smallest absolute Gasteiger partial charge is 0.179 e. The van der Waals surface area contributed by atoms with E-state index in [-0.39, 0.29) is 0 Å². The van der Waals surface area contributed by atoms with Crippen molar-refractivity contribution in [2.24, 2.45) is 0 Å². The van der Waals surface area contributed by atoms with Crippen LogP contribution in [0.2, 0.25) is 0 Å². The van der Waals surface area contributed by atoms with E-state index < -0.39 is 0 Å². The first-order valence-electron chi connectivity index (χ1n) is 5.31. The third-order valence-corrected chi connectivity index (χ3v) is 2.45. The highest BCUT2D eigenvalue weighted by molar-refractivity contribution is 5.44. The summed E-state index contributed by atoms with van der Waals surface area (Å²) < 4.78 is 1.74. The van der Waals surface area contributed by atoms with Gasteiger partial charge in [-0.15, -0.1) is 5.10 Å². The van der Waals surface area contributed by atoms with Crippen LogP contribution in [0, 0.1) is 0 Å². The molecule has 2 aromatic heterocycles. The largest absolute Gasteiger partial charge is 0.232 e. The van der Waals surface area contributed by atoms with E-state index in [1.54, 1.807) is 4.52 Å². The van der Waals surface area contributed by atoms with E-state index in [1.165, 1.54) is 0 Å². The van der Waals surface area contributed by atoms with Gasteiger partial charge in [0.2, 0.25) is 0 Å². The molecule has 4 nitrogen and oxygen atoms in total. The van der Waals surface area contributed by atoms with Crippen molar-refractivity contribution in [2.45, 2.75) is 39.5 Å². The van der Waals surface area contributed by atoms with Crippen molar-refractivity contribution in [1.82, 2.24) is 19.8 Å². The van der Waals surface area contributed by atoms with Gasteiger partial charge in [-0.25, -0.2) is 9.50 Å². The Kier molecular flexibility index (Phi) is 2.42. The third kappa shape index (κ3) is 1.71. The van der Waals surface area contributed by atoms with Gasteiger partial charge in [-0.2, -0.15) is 0 Å². The number of rotatable bonds is 2. The molecular formula is C11H16N4. The fraction of sp³-hybridized carbons (Fsp3) is 0.545. The average molecular weight is 204 g/mol. The summed E-state index contributed by atoms with van der Waals surface area (Å²) in [6.45, 7) is 8.48. The topological polar surface area (TPSA) is 43.1 Å². The lowest BCUT2D eigenvalue weighted by Gasteiger charge is -2.05. The normalized spacial score (nSPS) is 11.9. The van der Waals surface area contributed by atoms with Crippen LogP contribution in [0.1, 0.15) is 50.9 Å². The van der Waals surface area contributed by atoms with Gasteiger partial charge in [0.1, 0.15) is 5.69 Å². The fourth-order valence-corrected chi connectivity index (χ4v) is 1.51. The summed E-state index contributed by atoms with van der Waals surface area (Å²) in [4.78, 5) is 4.59. The van der Waals surface area contributed by atoms with E-state index in [2.05, 4.69) is 43.0 Å². The maximum Gasteiger partial charge on any atom is 0.179 e. The van der Waals surface area contributed by atoms with Gasteiger partial charge in [-0.05, 0) is 12.0 Å². The van der Waals surface area contributed by atoms with E-state index in [4.69, 9.17) is 0 Å². The molecule has 0 atom stereocenters. The minimum Gasteiger partial charge on any atom is -0.232 e. The summed E-state index contributed by atoms with van der Waals surface area (Å²) in [5, 5.41) is 8.19. The fourth-order valence-electron chi connectivity index (χ4n) is 1.51. The molecular weight excluding hydrogens is 188 g/mol. The van der Waals surface area contributed by atoms with Crippen LogP contribution in [-0.4, -0.2) is 19.8 Å². The molecule has 0 unspecified atom stereocenters. The summed E-state index contributed by atoms with van der Waals surface area (Å²) in [6, 6.07) is 2.00. The SMILES string of the molecule is CC(C)c1ccn2nnc(C(C)C)c2n1. The van der Waals surface area contributed by atoms with E-state index in [0.29, 0.717) is 11.8 Å². The third-order valence-electron chi connectivity index (χ3n) is 2.45. The zero-order valence-electron chi connectivity index (χ0n) is 9.60. The number of nitrogens with zero attached hydrogens (tertiary/aromatic N) is 4. The minimum atomic E-state index is 0.359. The van der Waals surface area contributed by atoms with Crippen LogP contribution < -0.4 is 0 Å². The molecule has 0 bridgehead atoms. The first-order chi connectivity index (χ1) is 7.09. The molecule has 0 saturated carbocycles. The standard InChI is InChI=1S/C11H16N4/c1-7(2)9-5-6-15-11(12-9)10(8(3)4)13-14-15/h5-8H,1-4H3. The zero-order chi connectivity index (χ0) is 11.0. The van der Waals surface area contributed by atoms with Gasteiger partial charge in [-0.3, -0.25) is 0 Å². The Morgan fingerprint density at radius 3 is 2.47 bits per heavy atom. The van der Waals surface area contributed by atoms with Gasteiger partial charge in [0.05, 0.1) is 0 Å². The summed E-state index contributed by atoms with van der Waals surface area (Å²) in [6.07, 6.45) is 1.93. The van der Waals surface area contributed by atoms with Gasteiger partial charge in [0.25, 0.3) is 0 Å². The number of fused-ring (bicyclic) bond motifs is 1. The Morgan fingerprint density at radius 1 is 1.13 bits per heavy atom. The van der Waals surface area contributed by atoms with Gasteiger partial charge in [0, 0.05) is 17.8 Å². The monoisotopic (exact) mass is 204 g/mol. The second-order valence-corrected chi connectivity index (χ2v) is 4.40. The van der Waals surface area contributed by atoms with Crippen LogP contribution in [0.4, 0.5) is 0 Å². The first kappa shape index (κ1) is 10.1. The van der Waals surface area contributed by atoms with Crippen LogP contribution in [-0.2, 0) is 0 Å². The molecule has 0 fully saturated rings. The van der Waals surface area contributed by atoms with Crippen molar-refractivity contribution in [3.63, 3.8) is 0 Å². The molecule has 0 aliphatic rings. The Bertz CT molecular complexity index is 470. The maximum absolute atomic E-state index is 4.59. The van der Waals surface area contributed by atoms with Crippen LogP contribution >= 0.6 is 0 Å². The van der Waals surface area contributed by atoms with Gasteiger partial charge in [0.15, 0.2) is 5.65 Å². The molecule has 0 N–H and O–H groups in total. The Balaban J connectivity index is 2.61. The van der Waals surface area contributed by atoms with Crippen LogP contribution in [0.25, 0.3) is 5.65 Å². The van der Waals surface area contributed by atoms with Crippen molar-refractivity contribution in [3.05, 3.63) is 23.7 Å². The Hall–Kier alpha value is -1.45. The summed E-state index contributed by atoms with van der Waals surface area (Å²) in [5.41, 5.74) is 2.94. The predicted molar refractivity (Wildman–Crippen MR) is 59.0 cm³/mol. The van der Waals surface area contributed by atoms with E-state index in [9.17, 15) is 0 Å². The highest BCUT2D eigenvalue weighted by atomic mass is 15.4. The Morgan fingerprint density at radius 2 is 1.87 bits per heavy atom. The summed E-state index contributed by atoms with van der Waals surface area (Å²) in [5.74, 6) is 0.794. The van der Waals surface area contributed by atoms with E-state index in [0.717, 1.165) is 17.0 Å². The van der Waals surface area contributed by atoms with Crippen molar-refractivity contribution in [2.75, 3.05) is 0 Å². The molecule has 15 heavy (non-hydrogen) atoms. The molecule has 0 amide bonds. The van der Waals surface area contributed by atoms with Crippen LogP contribution in [0.5, 0.6) is 0 Å². The molecule has 2 rings (SSSR count). The van der Waals surface area contributed by atoms with E-state index in [1.807, 2.05) is 12.3 Å². The molecule has 0 aromatic carbocycles.